The molecule has 0 saturated heterocycles. The van der Waals surface area contributed by atoms with E-state index >= 15 is 0 Å². The van der Waals surface area contributed by atoms with Crippen LogP contribution in [0.4, 0.5) is 0 Å². The Morgan fingerprint density at radius 3 is 2.30 bits per heavy atom. The summed E-state index contributed by atoms with van der Waals surface area (Å²) in [5.74, 6) is -2.54. The minimum atomic E-state index is -1.12. The number of carboxylic acids is 2. The predicted octanol–water partition coefficient (Wildman–Crippen LogP) is 1.17. The molecule has 0 unspecified atom stereocenters. The Bertz CT molecular complexity index is 439. The van der Waals surface area contributed by atoms with Crippen molar-refractivity contribution in [3.05, 3.63) is 29.8 Å². The van der Waals surface area contributed by atoms with Gasteiger partial charge in [0.25, 0.3) is 0 Å². The van der Waals surface area contributed by atoms with Gasteiger partial charge in [0.15, 0.2) is 0 Å². The summed E-state index contributed by atoms with van der Waals surface area (Å²) in [4.78, 5) is 21.6. The van der Waals surface area contributed by atoms with E-state index in [-0.39, 0.29) is 13.0 Å². The van der Waals surface area contributed by atoms with Crippen molar-refractivity contribution in [2.75, 3.05) is 13.2 Å². The fourth-order valence-electron chi connectivity index (χ4n) is 1.72. The zero-order chi connectivity index (χ0) is 15.0. The highest BCUT2D eigenvalue weighted by atomic mass is 16.5. The Kier molecular flexibility index (Phi) is 6.52. The predicted molar refractivity (Wildman–Crippen MR) is 70.7 cm³/mol. The van der Waals surface area contributed by atoms with Gasteiger partial charge in [0.1, 0.15) is 5.75 Å². The van der Waals surface area contributed by atoms with Crippen LogP contribution in [-0.2, 0) is 16.0 Å². The van der Waals surface area contributed by atoms with Crippen molar-refractivity contribution in [3.8, 4) is 5.75 Å². The van der Waals surface area contributed by atoms with Gasteiger partial charge in [0.05, 0.1) is 18.9 Å². The fraction of sp³-hybridized carbons (Fsp3) is 0.429. The number of aliphatic hydroxyl groups is 1. The van der Waals surface area contributed by atoms with E-state index in [4.69, 9.17) is 20.1 Å². The number of hydrogen-bond acceptors (Lipinski definition) is 4. The molecule has 0 fully saturated rings. The second-order valence-corrected chi connectivity index (χ2v) is 4.41. The molecule has 110 valence electrons. The molecule has 6 nitrogen and oxygen atoms in total. The molecule has 0 amide bonds. The summed E-state index contributed by atoms with van der Waals surface area (Å²) in [5.41, 5.74) is 0.744. The number of carbonyl (C=O) groups is 2. The molecule has 0 aliphatic carbocycles. The average Bonchev–Trinajstić information content (AvgIpc) is 2.39. The van der Waals surface area contributed by atoms with Crippen LogP contribution in [0.5, 0.6) is 5.75 Å². The quantitative estimate of drug-likeness (QED) is 0.587. The molecule has 3 N–H and O–H groups in total. The lowest BCUT2D eigenvalue weighted by Gasteiger charge is -2.11. The summed E-state index contributed by atoms with van der Waals surface area (Å²) in [6.07, 6.45) is 0.310. The van der Waals surface area contributed by atoms with E-state index in [9.17, 15) is 9.59 Å². The van der Waals surface area contributed by atoms with Gasteiger partial charge in [-0.3, -0.25) is 9.59 Å². The summed E-state index contributed by atoms with van der Waals surface area (Å²) in [5, 5.41) is 26.3. The topological polar surface area (TPSA) is 104 Å². The number of benzene rings is 1. The van der Waals surface area contributed by atoms with Crippen molar-refractivity contribution in [1.29, 1.82) is 0 Å². The van der Waals surface area contributed by atoms with E-state index in [0.717, 1.165) is 5.56 Å². The first-order valence-electron chi connectivity index (χ1n) is 6.30. The van der Waals surface area contributed by atoms with Crippen LogP contribution < -0.4 is 4.74 Å². The van der Waals surface area contributed by atoms with E-state index in [1.54, 1.807) is 24.3 Å². The Hall–Kier alpha value is -2.08. The van der Waals surface area contributed by atoms with Gasteiger partial charge in [0.2, 0.25) is 0 Å². The fourth-order valence-corrected chi connectivity index (χ4v) is 1.72. The first-order valence-corrected chi connectivity index (χ1v) is 6.30. The first-order chi connectivity index (χ1) is 9.52. The van der Waals surface area contributed by atoms with Crippen molar-refractivity contribution in [3.63, 3.8) is 0 Å². The summed E-state index contributed by atoms with van der Waals surface area (Å²) in [7, 11) is 0. The van der Waals surface area contributed by atoms with E-state index < -0.39 is 24.3 Å². The Balaban J connectivity index is 2.58. The summed E-state index contributed by atoms with van der Waals surface area (Å²) < 4.78 is 5.35. The molecule has 6 heteroatoms. The molecule has 20 heavy (non-hydrogen) atoms. The third-order valence-electron chi connectivity index (χ3n) is 2.75. The maximum Gasteiger partial charge on any atom is 0.307 e. The van der Waals surface area contributed by atoms with Crippen LogP contribution in [0.2, 0.25) is 0 Å². The van der Waals surface area contributed by atoms with Gasteiger partial charge in [-0.25, -0.2) is 0 Å². The van der Waals surface area contributed by atoms with Crippen LogP contribution in [0.3, 0.4) is 0 Å². The molecule has 0 aromatic heterocycles. The number of aliphatic carboxylic acids is 2. The molecule has 0 radical (unpaired) electrons. The molecular formula is C14H18O6. The van der Waals surface area contributed by atoms with Gasteiger partial charge < -0.3 is 20.1 Å². The van der Waals surface area contributed by atoms with Crippen molar-refractivity contribution in [2.45, 2.75) is 19.3 Å². The van der Waals surface area contributed by atoms with E-state index in [1.165, 1.54) is 0 Å². The summed E-state index contributed by atoms with van der Waals surface area (Å²) in [6.45, 7) is 0.472. The van der Waals surface area contributed by atoms with E-state index in [2.05, 4.69) is 0 Å². The molecule has 0 bridgehead atoms. The van der Waals surface area contributed by atoms with Crippen LogP contribution in [0.1, 0.15) is 18.4 Å². The molecule has 1 aromatic rings. The summed E-state index contributed by atoms with van der Waals surface area (Å²) >= 11 is 0. The molecule has 0 saturated carbocycles. The molecular weight excluding hydrogens is 264 g/mol. The van der Waals surface area contributed by atoms with Crippen LogP contribution >= 0.6 is 0 Å². The normalized spacial score (nSPS) is 11.8. The highest BCUT2D eigenvalue weighted by molar-refractivity contribution is 5.78. The van der Waals surface area contributed by atoms with Gasteiger partial charge in [0, 0.05) is 13.0 Å². The van der Waals surface area contributed by atoms with Crippen molar-refractivity contribution >= 4 is 11.9 Å². The third-order valence-corrected chi connectivity index (χ3v) is 2.75. The third kappa shape index (κ3) is 5.71. The monoisotopic (exact) mass is 282 g/mol. The number of rotatable bonds is 9. The second-order valence-electron chi connectivity index (χ2n) is 4.41. The van der Waals surface area contributed by atoms with E-state index in [1.807, 2.05) is 0 Å². The zero-order valence-corrected chi connectivity index (χ0v) is 11.0. The second kappa shape index (κ2) is 8.16. The van der Waals surface area contributed by atoms with Gasteiger partial charge in [-0.05, 0) is 24.1 Å². The largest absolute Gasteiger partial charge is 0.494 e. The molecule has 1 aromatic carbocycles. The average molecular weight is 282 g/mol. The molecule has 1 atom stereocenters. The molecule has 0 heterocycles. The van der Waals surface area contributed by atoms with Crippen molar-refractivity contribution in [1.82, 2.24) is 0 Å². The van der Waals surface area contributed by atoms with Gasteiger partial charge in [-0.1, -0.05) is 12.1 Å². The number of carboxylic acid groups (broad SMARTS) is 2. The number of aliphatic hydroxyl groups excluding tert-OH is 1. The van der Waals surface area contributed by atoms with Crippen LogP contribution in [0.25, 0.3) is 0 Å². The lowest BCUT2D eigenvalue weighted by molar-refractivity contribution is -0.148. The Labute approximate surface area is 116 Å². The highest BCUT2D eigenvalue weighted by Crippen LogP contribution is 2.17. The number of ether oxygens (including phenoxy) is 1. The molecule has 0 aliphatic heterocycles. The van der Waals surface area contributed by atoms with Gasteiger partial charge in [-0.2, -0.15) is 0 Å². The smallest absolute Gasteiger partial charge is 0.307 e. The first kappa shape index (κ1) is 16.0. The highest BCUT2D eigenvalue weighted by Gasteiger charge is 2.21. The Morgan fingerprint density at radius 1 is 1.15 bits per heavy atom. The number of hydrogen-bond donors (Lipinski definition) is 3. The minimum Gasteiger partial charge on any atom is -0.494 e. The lowest BCUT2D eigenvalue weighted by atomic mass is 9.96. The van der Waals surface area contributed by atoms with E-state index in [0.29, 0.717) is 18.8 Å². The maximum absolute atomic E-state index is 11.0. The Morgan fingerprint density at radius 2 is 1.80 bits per heavy atom. The molecule has 0 aliphatic rings. The molecule has 1 rings (SSSR count). The minimum absolute atomic E-state index is 0.0631. The van der Waals surface area contributed by atoms with Gasteiger partial charge >= 0.3 is 11.9 Å². The maximum atomic E-state index is 11.0. The SMILES string of the molecule is O=C(O)C[C@H](Cc1ccc(OCCCO)cc1)C(=O)O. The van der Waals surface area contributed by atoms with Crippen LogP contribution in [0.15, 0.2) is 24.3 Å². The standard InChI is InChI=1S/C14H18O6/c15-6-1-7-20-12-4-2-10(3-5-12)8-11(14(18)19)9-13(16)17/h2-5,11,15H,1,6-9H2,(H,16,17)(H,18,19)/t11-/m0/s1. The molecule has 0 spiro atoms. The van der Waals surface area contributed by atoms with Crippen molar-refractivity contribution in [2.24, 2.45) is 5.92 Å². The zero-order valence-electron chi connectivity index (χ0n) is 11.0. The van der Waals surface area contributed by atoms with Crippen LogP contribution in [0, 0.1) is 5.92 Å². The lowest BCUT2D eigenvalue weighted by Crippen LogP contribution is -2.20. The van der Waals surface area contributed by atoms with Crippen molar-refractivity contribution < 1.29 is 29.6 Å². The van der Waals surface area contributed by atoms with Gasteiger partial charge in [-0.15, -0.1) is 0 Å². The van der Waals surface area contributed by atoms with Crippen LogP contribution in [-0.4, -0.2) is 40.5 Å². The summed E-state index contributed by atoms with van der Waals surface area (Å²) in [6, 6.07) is 6.83.